The number of nitrogens with one attached hydrogen (secondary N) is 1. The van der Waals surface area contributed by atoms with Gasteiger partial charge in [-0.1, -0.05) is 18.2 Å². The Balaban J connectivity index is 2.20. The van der Waals surface area contributed by atoms with Gasteiger partial charge in [0.2, 0.25) is 5.91 Å². The fourth-order valence-corrected chi connectivity index (χ4v) is 2.20. The number of carbonyl (C=O) groups is 1. The van der Waals surface area contributed by atoms with E-state index >= 15 is 0 Å². The number of carbonyl (C=O) groups excluding carboxylic acids is 1. The molecule has 1 aromatic carbocycles. The Morgan fingerprint density at radius 2 is 2.22 bits per heavy atom. The van der Waals surface area contributed by atoms with Gasteiger partial charge in [-0.25, -0.2) is 0 Å². The fraction of sp³-hybridized carbons (Fsp3) is 0.357. The summed E-state index contributed by atoms with van der Waals surface area (Å²) in [5.74, 6) is 0.0876. The molecule has 0 saturated carbocycles. The van der Waals surface area contributed by atoms with E-state index in [1.165, 1.54) is 5.39 Å². The molecule has 4 nitrogen and oxygen atoms in total. The van der Waals surface area contributed by atoms with Crippen molar-refractivity contribution in [3.63, 3.8) is 0 Å². The summed E-state index contributed by atoms with van der Waals surface area (Å²) in [6, 6.07) is 8.17. The van der Waals surface area contributed by atoms with Gasteiger partial charge in [0.05, 0.1) is 5.52 Å². The van der Waals surface area contributed by atoms with Crippen molar-refractivity contribution in [1.82, 2.24) is 9.88 Å². The SMILES string of the molecule is CCNC(=O)CCn1ccc2cccc(CN)c21. The topological polar surface area (TPSA) is 60.0 Å². The van der Waals surface area contributed by atoms with Crippen molar-refractivity contribution >= 4 is 16.8 Å². The number of nitrogens with zero attached hydrogens (tertiary/aromatic N) is 1. The second-order valence-electron chi connectivity index (χ2n) is 4.27. The number of rotatable bonds is 5. The molecule has 0 bridgehead atoms. The van der Waals surface area contributed by atoms with E-state index in [0.717, 1.165) is 11.1 Å². The van der Waals surface area contributed by atoms with Crippen LogP contribution in [-0.4, -0.2) is 17.0 Å². The molecule has 1 heterocycles. The van der Waals surface area contributed by atoms with Crippen LogP contribution in [0.4, 0.5) is 0 Å². The Bertz CT molecular complexity index is 545. The third-order valence-corrected chi connectivity index (χ3v) is 3.05. The number of nitrogens with two attached hydrogens (primary N) is 1. The lowest BCUT2D eigenvalue weighted by Gasteiger charge is -2.08. The van der Waals surface area contributed by atoms with Gasteiger partial charge in [-0.05, 0) is 23.9 Å². The average molecular weight is 245 g/mol. The van der Waals surface area contributed by atoms with E-state index in [-0.39, 0.29) is 5.91 Å². The predicted octanol–water partition coefficient (Wildman–Crippen LogP) is 1.63. The number of hydrogen-bond acceptors (Lipinski definition) is 2. The number of benzene rings is 1. The van der Waals surface area contributed by atoms with Crippen LogP contribution in [-0.2, 0) is 17.9 Å². The maximum Gasteiger partial charge on any atom is 0.221 e. The lowest BCUT2D eigenvalue weighted by atomic mass is 10.1. The molecule has 0 aliphatic heterocycles. The molecule has 0 atom stereocenters. The fourth-order valence-electron chi connectivity index (χ4n) is 2.20. The Hall–Kier alpha value is -1.81. The summed E-state index contributed by atoms with van der Waals surface area (Å²) in [5, 5.41) is 3.98. The first-order chi connectivity index (χ1) is 8.76. The average Bonchev–Trinajstić information content (AvgIpc) is 2.80. The Morgan fingerprint density at radius 1 is 1.39 bits per heavy atom. The molecule has 0 radical (unpaired) electrons. The molecule has 0 unspecified atom stereocenters. The van der Waals surface area contributed by atoms with Gasteiger partial charge in [-0.2, -0.15) is 0 Å². The zero-order chi connectivity index (χ0) is 13.0. The molecule has 2 rings (SSSR count). The summed E-state index contributed by atoms with van der Waals surface area (Å²) in [7, 11) is 0. The van der Waals surface area contributed by atoms with Gasteiger partial charge < -0.3 is 15.6 Å². The van der Waals surface area contributed by atoms with E-state index in [1.807, 2.05) is 25.3 Å². The van der Waals surface area contributed by atoms with Gasteiger partial charge in [0.25, 0.3) is 0 Å². The maximum absolute atomic E-state index is 11.5. The number of aryl methyl sites for hydroxylation is 1. The van der Waals surface area contributed by atoms with Crippen molar-refractivity contribution in [2.75, 3.05) is 6.54 Å². The van der Waals surface area contributed by atoms with Gasteiger partial charge in [0.15, 0.2) is 0 Å². The minimum absolute atomic E-state index is 0.0876. The van der Waals surface area contributed by atoms with E-state index in [2.05, 4.69) is 22.0 Å². The van der Waals surface area contributed by atoms with E-state index in [4.69, 9.17) is 5.73 Å². The predicted molar refractivity (Wildman–Crippen MR) is 73.1 cm³/mol. The number of fused-ring (bicyclic) bond motifs is 1. The van der Waals surface area contributed by atoms with E-state index in [1.54, 1.807) is 0 Å². The lowest BCUT2D eigenvalue weighted by Crippen LogP contribution is -2.23. The number of amides is 1. The molecule has 3 N–H and O–H groups in total. The maximum atomic E-state index is 11.5. The van der Waals surface area contributed by atoms with Crippen LogP contribution in [0.5, 0.6) is 0 Å². The summed E-state index contributed by atoms with van der Waals surface area (Å²) >= 11 is 0. The largest absolute Gasteiger partial charge is 0.356 e. The third kappa shape index (κ3) is 2.54. The molecular formula is C14H19N3O. The number of para-hydroxylation sites is 1. The van der Waals surface area contributed by atoms with Crippen molar-refractivity contribution in [3.05, 3.63) is 36.0 Å². The molecule has 1 aromatic heterocycles. The normalized spacial score (nSPS) is 10.8. The van der Waals surface area contributed by atoms with Gasteiger partial charge in [-0.15, -0.1) is 0 Å². The van der Waals surface area contributed by atoms with Crippen LogP contribution in [0.3, 0.4) is 0 Å². The molecule has 4 heteroatoms. The Morgan fingerprint density at radius 3 is 2.94 bits per heavy atom. The van der Waals surface area contributed by atoms with Gasteiger partial charge >= 0.3 is 0 Å². The molecule has 0 fully saturated rings. The molecule has 0 aliphatic carbocycles. The van der Waals surface area contributed by atoms with Crippen LogP contribution in [0.15, 0.2) is 30.5 Å². The number of aromatic nitrogens is 1. The lowest BCUT2D eigenvalue weighted by molar-refractivity contribution is -0.121. The summed E-state index contributed by atoms with van der Waals surface area (Å²) in [6.07, 6.45) is 2.51. The molecule has 96 valence electrons. The highest BCUT2D eigenvalue weighted by Gasteiger charge is 2.07. The highest BCUT2D eigenvalue weighted by molar-refractivity contribution is 5.83. The van der Waals surface area contributed by atoms with Crippen molar-refractivity contribution in [3.8, 4) is 0 Å². The highest BCUT2D eigenvalue weighted by Crippen LogP contribution is 2.20. The standard InChI is InChI=1S/C14H19N3O/c1-2-16-13(18)7-9-17-8-6-11-4-3-5-12(10-15)14(11)17/h3-6,8H,2,7,9-10,15H2,1H3,(H,16,18). The molecule has 0 spiro atoms. The monoisotopic (exact) mass is 245 g/mol. The van der Waals surface area contributed by atoms with E-state index < -0.39 is 0 Å². The zero-order valence-corrected chi connectivity index (χ0v) is 10.6. The van der Waals surface area contributed by atoms with Gasteiger partial charge in [0, 0.05) is 32.3 Å². The van der Waals surface area contributed by atoms with Crippen LogP contribution < -0.4 is 11.1 Å². The summed E-state index contributed by atoms with van der Waals surface area (Å²) in [4.78, 5) is 11.5. The van der Waals surface area contributed by atoms with Crippen molar-refractivity contribution in [2.24, 2.45) is 5.73 Å². The Labute approximate surface area is 107 Å². The smallest absolute Gasteiger partial charge is 0.221 e. The van der Waals surface area contributed by atoms with Gasteiger partial charge in [0.1, 0.15) is 0 Å². The summed E-state index contributed by atoms with van der Waals surface area (Å²) < 4.78 is 2.10. The minimum atomic E-state index is 0.0876. The quantitative estimate of drug-likeness (QED) is 0.841. The summed E-state index contributed by atoms with van der Waals surface area (Å²) in [6.45, 7) is 3.81. The van der Waals surface area contributed by atoms with Crippen LogP contribution in [0.25, 0.3) is 10.9 Å². The second kappa shape index (κ2) is 5.69. The molecule has 18 heavy (non-hydrogen) atoms. The van der Waals surface area contributed by atoms with Crippen LogP contribution in [0.1, 0.15) is 18.9 Å². The second-order valence-corrected chi connectivity index (χ2v) is 4.27. The van der Waals surface area contributed by atoms with E-state index in [0.29, 0.717) is 26.1 Å². The van der Waals surface area contributed by atoms with Crippen molar-refractivity contribution < 1.29 is 4.79 Å². The summed E-state index contributed by atoms with van der Waals surface area (Å²) in [5.41, 5.74) is 8.02. The Kier molecular flexibility index (Phi) is 3.99. The van der Waals surface area contributed by atoms with Crippen LogP contribution in [0, 0.1) is 0 Å². The number of hydrogen-bond donors (Lipinski definition) is 2. The van der Waals surface area contributed by atoms with Crippen molar-refractivity contribution in [2.45, 2.75) is 26.4 Å². The van der Waals surface area contributed by atoms with E-state index in [9.17, 15) is 4.79 Å². The highest BCUT2D eigenvalue weighted by atomic mass is 16.1. The zero-order valence-electron chi connectivity index (χ0n) is 10.6. The first kappa shape index (κ1) is 12.6. The molecule has 2 aromatic rings. The van der Waals surface area contributed by atoms with Crippen molar-refractivity contribution in [1.29, 1.82) is 0 Å². The minimum Gasteiger partial charge on any atom is -0.356 e. The molecule has 1 amide bonds. The first-order valence-electron chi connectivity index (χ1n) is 6.29. The third-order valence-electron chi connectivity index (χ3n) is 3.05. The first-order valence-corrected chi connectivity index (χ1v) is 6.29. The molecular weight excluding hydrogens is 226 g/mol. The molecule has 0 aliphatic rings. The van der Waals surface area contributed by atoms with Gasteiger partial charge in [-0.3, -0.25) is 4.79 Å². The van der Waals surface area contributed by atoms with Crippen LogP contribution >= 0.6 is 0 Å². The van der Waals surface area contributed by atoms with Crippen LogP contribution in [0.2, 0.25) is 0 Å². The molecule has 0 saturated heterocycles.